The van der Waals surface area contributed by atoms with E-state index >= 15 is 0 Å². The molecule has 0 aliphatic carbocycles. The summed E-state index contributed by atoms with van der Waals surface area (Å²) in [7, 11) is 0. The number of unbranched alkanes of at least 4 members (excludes halogenated alkanes) is 3. The maximum absolute atomic E-state index is 2.30. The summed E-state index contributed by atoms with van der Waals surface area (Å²) in [6, 6.07) is 6.75. The Morgan fingerprint density at radius 2 is 1.80 bits per heavy atom. The first kappa shape index (κ1) is 21.1. The molecule has 85 valence electrons. The summed E-state index contributed by atoms with van der Waals surface area (Å²) < 4.78 is 0. The zero-order valence-corrected chi connectivity index (χ0v) is 13.5. The molecule has 0 aromatic heterocycles. The number of hydrogen-bond acceptors (Lipinski definition) is 0. The van der Waals surface area contributed by atoms with Crippen LogP contribution in [-0.2, 0) is 32.6 Å². The fourth-order valence-corrected chi connectivity index (χ4v) is 1.54. The maximum Gasteiger partial charge on any atom is 3.00 e. The van der Waals surface area contributed by atoms with E-state index in [0.29, 0.717) is 0 Å². The molecule has 0 bridgehead atoms. The number of hydrogen-bond donors (Lipinski definition) is 0. The molecule has 3 heteroatoms. The van der Waals surface area contributed by atoms with E-state index in [1.54, 1.807) is 0 Å². The molecule has 0 fully saturated rings. The molecule has 1 rings (SSSR count). The van der Waals surface area contributed by atoms with E-state index in [9.17, 15) is 0 Å². The van der Waals surface area contributed by atoms with Gasteiger partial charge in [0.25, 0.3) is 0 Å². The summed E-state index contributed by atoms with van der Waals surface area (Å²) in [5, 5.41) is 0. The van der Waals surface area contributed by atoms with Gasteiger partial charge < -0.3 is 24.8 Å². The van der Waals surface area contributed by atoms with Crippen molar-refractivity contribution in [3.63, 3.8) is 0 Å². The zero-order chi connectivity index (χ0) is 8.81. The Hall–Kier alpha value is 0.813. The summed E-state index contributed by atoms with van der Waals surface area (Å²) in [4.78, 5) is 0. The Labute approximate surface area is 126 Å². The topological polar surface area (TPSA) is 0 Å². The van der Waals surface area contributed by atoms with Gasteiger partial charge in [0.2, 0.25) is 0 Å². The molecule has 0 aliphatic heterocycles. The first-order chi connectivity index (χ1) is 5.83. The molecule has 0 atom stereocenters. The van der Waals surface area contributed by atoms with E-state index in [4.69, 9.17) is 0 Å². The van der Waals surface area contributed by atoms with Crippen LogP contribution < -0.4 is 24.8 Å². The molecule has 0 heterocycles. The summed E-state index contributed by atoms with van der Waals surface area (Å²) in [5.41, 5.74) is 2.92. The van der Waals surface area contributed by atoms with Crippen LogP contribution >= 0.6 is 0 Å². The smallest absolute Gasteiger partial charge is 1.00 e. The second kappa shape index (κ2) is 12.9. The summed E-state index contributed by atoms with van der Waals surface area (Å²) >= 11 is 0. The van der Waals surface area contributed by atoms with Gasteiger partial charge in [-0.05, 0) is 0 Å². The van der Waals surface area contributed by atoms with E-state index in [1.807, 2.05) is 0 Å². The molecule has 1 aromatic carbocycles. The Morgan fingerprint density at radius 1 is 1.13 bits per heavy atom. The van der Waals surface area contributed by atoms with E-state index in [0.717, 1.165) is 0 Å². The Kier molecular flexibility index (Phi) is 18.1. The molecule has 0 aliphatic rings. The van der Waals surface area contributed by atoms with E-state index in [1.165, 1.54) is 43.2 Å². The first-order valence-corrected chi connectivity index (χ1v) is 5.05. The van der Waals surface area contributed by atoms with Gasteiger partial charge in [0.1, 0.15) is 0 Å². The number of aryl methyl sites for hydroxylation is 2. The molecule has 0 amide bonds. The van der Waals surface area contributed by atoms with Gasteiger partial charge in [-0.25, -0.2) is 6.07 Å². The largest absolute Gasteiger partial charge is 3.00 e. The molecular formula is C12H19Cl2Zr. The van der Waals surface area contributed by atoms with Crippen LogP contribution in [0.3, 0.4) is 0 Å². The van der Waals surface area contributed by atoms with E-state index in [-0.39, 0.29) is 51.0 Å². The second-order valence-corrected chi connectivity index (χ2v) is 3.61. The Bertz CT molecular complexity index is 221. The van der Waals surface area contributed by atoms with Gasteiger partial charge >= 0.3 is 26.2 Å². The predicted octanol–water partition coefficient (Wildman–Crippen LogP) is -2.16. The standard InChI is InChI=1S/C12H19.2ClH.Zr/c1-3-4-5-6-7-12-9-8-11(2)10-12;;;/h8-10H,3-7H2,1-2H3;2*1H;/q-1;;;+3/p-2. The fourth-order valence-electron chi connectivity index (χ4n) is 1.54. The monoisotopic (exact) mass is 323 g/mol. The molecule has 0 spiro atoms. The maximum atomic E-state index is 2.30. The van der Waals surface area contributed by atoms with Crippen molar-refractivity contribution < 1.29 is 51.0 Å². The van der Waals surface area contributed by atoms with Crippen molar-refractivity contribution in [3.8, 4) is 0 Å². The van der Waals surface area contributed by atoms with Crippen LogP contribution in [0.2, 0.25) is 0 Å². The van der Waals surface area contributed by atoms with Crippen LogP contribution in [0, 0.1) is 6.92 Å². The van der Waals surface area contributed by atoms with Crippen molar-refractivity contribution in [3.05, 3.63) is 29.3 Å². The zero-order valence-electron chi connectivity index (χ0n) is 9.52. The molecular weight excluding hydrogens is 306 g/mol. The predicted molar refractivity (Wildman–Crippen MR) is 54.6 cm³/mol. The van der Waals surface area contributed by atoms with Gasteiger partial charge in [-0.2, -0.15) is 23.3 Å². The third-order valence-corrected chi connectivity index (χ3v) is 2.29. The van der Waals surface area contributed by atoms with Crippen molar-refractivity contribution in [2.75, 3.05) is 0 Å². The molecule has 0 nitrogen and oxygen atoms in total. The van der Waals surface area contributed by atoms with E-state index < -0.39 is 0 Å². The normalized spacial score (nSPS) is 8.40. The fraction of sp³-hybridized carbons (Fsp3) is 0.583. The summed E-state index contributed by atoms with van der Waals surface area (Å²) in [6.07, 6.45) is 6.74. The number of halogens is 2. The van der Waals surface area contributed by atoms with Gasteiger partial charge in [0, 0.05) is 0 Å². The van der Waals surface area contributed by atoms with Gasteiger partial charge in [0.05, 0.1) is 0 Å². The quantitative estimate of drug-likeness (QED) is 0.428. The Balaban J connectivity index is -0.000000480. The number of rotatable bonds is 5. The van der Waals surface area contributed by atoms with Crippen molar-refractivity contribution in [1.82, 2.24) is 0 Å². The van der Waals surface area contributed by atoms with E-state index in [2.05, 4.69) is 32.0 Å². The molecule has 0 unspecified atom stereocenters. The van der Waals surface area contributed by atoms with Crippen molar-refractivity contribution >= 4 is 0 Å². The summed E-state index contributed by atoms with van der Waals surface area (Å²) in [5.74, 6) is 0. The molecule has 0 saturated heterocycles. The summed E-state index contributed by atoms with van der Waals surface area (Å²) in [6.45, 7) is 4.42. The van der Waals surface area contributed by atoms with Crippen molar-refractivity contribution in [1.29, 1.82) is 0 Å². The average molecular weight is 325 g/mol. The van der Waals surface area contributed by atoms with Gasteiger partial charge in [-0.15, -0.1) is 0 Å². The minimum atomic E-state index is 0. The molecule has 1 aromatic rings. The Morgan fingerprint density at radius 3 is 2.27 bits per heavy atom. The van der Waals surface area contributed by atoms with Crippen LogP contribution in [-0.4, -0.2) is 0 Å². The molecule has 0 N–H and O–H groups in total. The SMILES string of the molecule is CCCCCCc1cc[c-](C)c1.[Cl-].[Cl-].[Zr+3]. The molecule has 0 saturated carbocycles. The van der Waals surface area contributed by atoms with Crippen molar-refractivity contribution in [2.24, 2.45) is 0 Å². The minimum absolute atomic E-state index is 0. The minimum Gasteiger partial charge on any atom is -1.00 e. The third-order valence-electron chi connectivity index (χ3n) is 2.29. The van der Waals surface area contributed by atoms with Crippen LogP contribution in [0.5, 0.6) is 0 Å². The van der Waals surface area contributed by atoms with Gasteiger partial charge in [-0.3, -0.25) is 0 Å². The second-order valence-electron chi connectivity index (χ2n) is 3.61. The van der Waals surface area contributed by atoms with Gasteiger partial charge in [0.15, 0.2) is 0 Å². The van der Waals surface area contributed by atoms with Gasteiger partial charge in [-0.1, -0.05) is 46.0 Å². The molecule has 1 radical (unpaired) electrons. The van der Waals surface area contributed by atoms with Crippen LogP contribution in [0.1, 0.15) is 43.7 Å². The average Bonchev–Trinajstić information content (AvgIpc) is 2.45. The molecule has 15 heavy (non-hydrogen) atoms. The van der Waals surface area contributed by atoms with Crippen LogP contribution in [0.15, 0.2) is 18.2 Å². The first-order valence-electron chi connectivity index (χ1n) is 5.05. The third kappa shape index (κ3) is 9.73. The van der Waals surface area contributed by atoms with Crippen molar-refractivity contribution in [2.45, 2.75) is 46.0 Å². The van der Waals surface area contributed by atoms with Crippen LogP contribution in [0.4, 0.5) is 0 Å². The van der Waals surface area contributed by atoms with Crippen LogP contribution in [0.25, 0.3) is 0 Å².